The summed E-state index contributed by atoms with van der Waals surface area (Å²) in [7, 11) is 0. The van der Waals surface area contributed by atoms with Crippen LogP contribution < -0.4 is 10.6 Å². The summed E-state index contributed by atoms with van der Waals surface area (Å²) in [6.07, 6.45) is 3.55. The van der Waals surface area contributed by atoms with Crippen LogP contribution in [-0.4, -0.2) is 21.4 Å². The van der Waals surface area contributed by atoms with Gasteiger partial charge in [-0.2, -0.15) is 5.26 Å². The SMILES string of the molecule is Cc1nccn1CC(N=C(NC(=O)c1cccc(C#N)c1)Nc1ccc(Cl)cc1)c1ccc(Cl)cc1Cl. The number of rotatable bonds is 6. The lowest BCUT2D eigenvalue weighted by atomic mass is 10.1. The van der Waals surface area contributed by atoms with E-state index in [0.29, 0.717) is 38.4 Å². The molecule has 2 N–H and O–H groups in total. The van der Waals surface area contributed by atoms with Gasteiger partial charge in [0, 0.05) is 38.7 Å². The average Bonchev–Trinajstić information content (AvgIpc) is 3.29. The molecule has 1 aromatic heterocycles. The largest absolute Gasteiger partial charge is 0.333 e. The Morgan fingerprint density at radius 3 is 2.51 bits per heavy atom. The number of carbonyl (C=O) groups is 1. The quantitative estimate of drug-likeness (QED) is 0.207. The summed E-state index contributed by atoms with van der Waals surface area (Å²) in [6, 6.07) is 20.1. The molecule has 1 atom stereocenters. The number of nitrogens with zero attached hydrogens (tertiary/aromatic N) is 4. The summed E-state index contributed by atoms with van der Waals surface area (Å²) in [5, 5.41) is 16.7. The highest BCUT2D eigenvalue weighted by Gasteiger charge is 2.19. The van der Waals surface area contributed by atoms with E-state index in [0.717, 1.165) is 11.4 Å². The zero-order valence-corrected chi connectivity index (χ0v) is 21.9. The van der Waals surface area contributed by atoms with Crippen LogP contribution in [0.3, 0.4) is 0 Å². The summed E-state index contributed by atoms with van der Waals surface area (Å²) in [5.74, 6) is 0.551. The molecule has 186 valence electrons. The van der Waals surface area contributed by atoms with Crippen molar-refractivity contribution in [1.29, 1.82) is 5.26 Å². The van der Waals surface area contributed by atoms with Gasteiger partial charge in [0.05, 0.1) is 24.2 Å². The molecule has 0 fully saturated rings. The Bertz CT molecular complexity index is 1490. The molecule has 10 heteroatoms. The van der Waals surface area contributed by atoms with Crippen LogP contribution in [0.15, 0.2) is 84.1 Å². The number of aliphatic imine (C=N–C) groups is 1. The van der Waals surface area contributed by atoms with Crippen molar-refractivity contribution >= 4 is 52.4 Å². The van der Waals surface area contributed by atoms with Gasteiger partial charge in [0.15, 0.2) is 0 Å². The third-order valence-corrected chi connectivity index (χ3v) is 6.31. The third kappa shape index (κ3) is 6.89. The Labute approximate surface area is 229 Å². The summed E-state index contributed by atoms with van der Waals surface area (Å²) < 4.78 is 1.94. The lowest BCUT2D eigenvalue weighted by Crippen LogP contribution is -2.36. The maximum Gasteiger partial charge on any atom is 0.258 e. The molecule has 1 unspecified atom stereocenters. The van der Waals surface area contributed by atoms with Crippen LogP contribution in [0.1, 0.15) is 33.4 Å². The maximum atomic E-state index is 13.1. The molecule has 0 radical (unpaired) electrons. The van der Waals surface area contributed by atoms with E-state index in [2.05, 4.69) is 15.6 Å². The number of aryl methyl sites for hydroxylation is 1. The van der Waals surface area contributed by atoms with Crippen LogP contribution >= 0.6 is 34.8 Å². The Morgan fingerprint density at radius 2 is 1.84 bits per heavy atom. The van der Waals surface area contributed by atoms with E-state index in [4.69, 9.17) is 39.8 Å². The Morgan fingerprint density at radius 1 is 1.08 bits per heavy atom. The van der Waals surface area contributed by atoms with Crippen molar-refractivity contribution in [1.82, 2.24) is 14.9 Å². The number of hydrogen-bond acceptors (Lipinski definition) is 4. The van der Waals surface area contributed by atoms with Crippen molar-refractivity contribution in [3.8, 4) is 6.07 Å². The molecule has 4 rings (SSSR count). The second-order valence-corrected chi connectivity index (χ2v) is 9.34. The number of carbonyl (C=O) groups excluding carboxylic acids is 1. The maximum absolute atomic E-state index is 13.1. The van der Waals surface area contributed by atoms with E-state index in [1.807, 2.05) is 29.8 Å². The van der Waals surface area contributed by atoms with Crippen molar-refractivity contribution in [3.63, 3.8) is 0 Å². The number of guanidine groups is 1. The number of nitrogens with one attached hydrogen (secondary N) is 2. The van der Waals surface area contributed by atoms with Crippen LogP contribution in [0.5, 0.6) is 0 Å². The molecule has 0 aliphatic rings. The number of aromatic nitrogens is 2. The van der Waals surface area contributed by atoms with Crippen molar-refractivity contribution < 1.29 is 4.79 Å². The number of amides is 1. The van der Waals surface area contributed by atoms with E-state index < -0.39 is 11.9 Å². The van der Waals surface area contributed by atoms with Crippen molar-refractivity contribution in [2.75, 3.05) is 5.32 Å². The number of anilines is 1. The van der Waals surface area contributed by atoms with Crippen LogP contribution in [0.2, 0.25) is 15.1 Å². The molecular formula is C27H21Cl3N6O. The number of imidazole rings is 1. The first kappa shape index (κ1) is 26.2. The van der Waals surface area contributed by atoms with Crippen LogP contribution in [0, 0.1) is 18.3 Å². The first-order chi connectivity index (χ1) is 17.8. The van der Waals surface area contributed by atoms with Gasteiger partial charge in [-0.3, -0.25) is 10.1 Å². The van der Waals surface area contributed by atoms with Crippen molar-refractivity contribution in [3.05, 3.63) is 117 Å². The normalized spacial score (nSPS) is 12.0. The van der Waals surface area contributed by atoms with Crippen LogP contribution in [0.25, 0.3) is 0 Å². The zero-order valence-electron chi connectivity index (χ0n) is 19.6. The van der Waals surface area contributed by atoms with Crippen molar-refractivity contribution in [2.24, 2.45) is 4.99 Å². The Balaban J connectivity index is 1.75. The fraction of sp³-hybridized carbons (Fsp3) is 0.111. The minimum absolute atomic E-state index is 0.184. The fourth-order valence-electron chi connectivity index (χ4n) is 3.59. The Kier molecular flexibility index (Phi) is 8.47. The molecule has 3 aromatic carbocycles. The average molecular weight is 552 g/mol. The van der Waals surface area contributed by atoms with E-state index in [-0.39, 0.29) is 5.96 Å². The molecular weight excluding hydrogens is 531 g/mol. The third-order valence-electron chi connectivity index (χ3n) is 5.49. The van der Waals surface area contributed by atoms with Gasteiger partial charge in [-0.1, -0.05) is 46.9 Å². The first-order valence-electron chi connectivity index (χ1n) is 11.2. The highest BCUT2D eigenvalue weighted by Crippen LogP contribution is 2.30. The van der Waals surface area contributed by atoms with E-state index in [9.17, 15) is 10.1 Å². The molecule has 0 aliphatic carbocycles. The predicted molar refractivity (Wildman–Crippen MR) is 147 cm³/mol. The molecule has 0 aliphatic heterocycles. The lowest BCUT2D eigenvalue weighted by molar-refractivity contribution is 0.0976. The number of halogens is 3. The van der Waals surface area contributed by atoms with Crippen LogP contribution in [0.4, 0.5) is 5.69 Å². The van der Waals surface area contributed by atoms with Gasteiger partial charge in [-0.15, -0.1) is 0 Å². The Hall–Kier alpha value is -3.83. The minimum atomic E-state index is -0.516. The summed E-state index contributed by atoms with van der Waals surface area (Å²) in [6.45, 7) is 2.29. The molecule has 0 saturated heterocycles. The van der Waals surface area contributed by atoms with E-state index >= 15 is 0 Å². The molecule has 37 heavy (non-hydrogen) atoms. The smallest absolute Gasteiger partial charge is 0.258 e. The molecule has 0 bridgehead atoms. The van der Waals surface area contributed by atoms with Gasteiger partial charge < -0.3 is 9.88 Å². The molecule has 1 heterocycles. The fourth-order valence-corrected chi connectivity index (χ4v) is 4.26. The van der Waals surface area contributed by atoms with Gasteiger partial charge >= 0.3 is 0 Å². The molecule has 4 aromatic rings. The highest BCUT2D eigenvalue weighted by molar-refractivity contribution is 6.35. The van der Waals surface area contributed by atoms with Crippen molar-refractivity contribution in [2.45, 2.75) is 19.5 Å². The number of nitriles is 1. The highest BCUT2D eigenvalue weighted by atomic mass is 35.5. The van der Waals surface area contributed by atoms with E-state index in [1.54, 1.807) is 60.8 Å². The lowest BCUT2D eigenvalue weighted by Gasteiger charge is -2.20. The van der Waals surface area contributed by atoms with Gasteiger partial charge in [0.1, 0.15) is 5.82 Å². The first-order valence-corrected chi connectivity index (χ1v) is 12.3. The van der Waals surface area contributed by atoms with Gasteiger partial charge in [0.2, 0.25) is 5.96 Å². The topological polar surface area (TPSA) is 95.1 Å². The summed E-state index contributed by atoms with van der Waals surface area (Å²) >= 11 is 18.7. The summed E-state index contributed by atoms with van der Waals surface area (Å²) in [4.78, 5) is 22.3. The van der Waals surface area contributed by atoms with Crippen LogP contribution in [-0.2, 0) is 6.54 Å². The van der Waals surface area contributed by atoms with Gasteiger partial charge in [0.25, 0.3) is 5.91 Å². The predicted octanol–water partition coefficient (Wildman–Crippen LogP) is 6.66. The number of hydrogen-bond donors (Lipinski definition) is 2. The standard InChI is InChI=1S/C27H21Cl3N6O/c1-17-32-11-12-36(17)16-25(23-10-7-21(29)14-24(23)30)34-27(33-22-8-5-20(28)6-9-22)35-26(37)19-4-2-3-18(13-19)15-31/h2-14,25H,16H2,1H3,(H2,33,34,35,37). The number of benzene rings is 3. The van der Waals surface area contributed by atoms with E-state index in [1.165, 1.54) is 6.07 Å². The molecule has 0 spiro atoms. The van der Waals surface area contributed by atoms with Gasteiger partial charge in [-0.25, -0.2) is 9.98 Å². The second kappa shape index (κ2) is 11.9. The van der Waals surface area contributed by atoms with Gasteiger partial charge in [-0.05, 0) is 67.1 Å². The molecule has 0 saturated carbocycles. The second-order valence-electron chi connectivity index (χ2n) is 8.06. The molecule has 7 nitrogen and oxygen atoms in total. The monoisotopic (exact) mass is 550 g/mol. The summed E-state index contributed by atoms with van der Waals surface area (Å²) in [5.41, 5.74) is 2.07. The minimum Gasteiger partial charge on any atom is -0.333 e. The zero-order chi connectivity index (χ0) is 26.4. The molecule has 1 amide bonds.